The highest BCUT2D eigenvalue weighted by atomic mass is 16.6. The van der Waals surface area contributed by atoms with Gasteiger partial charge in [0.25, 0.3) is 0 Å². The molecular weight excluding hydrogens is 184 g/mol. The second kappa shape index (κ2) is 4.98. The normalized spacial score (nSPS) is 13.2. The maximum Gasteiger partial charge on any atom is 0.320 e. The topological polar surface area (TPSA) is 52.6 Å². The van der Waals surface area contributed by atoms with Crippen LogP contribution in [0.3, 0.4) is 0 Å². The highest BCUT2D eigenvalue weighted by Crippen LogP contribution is 2.14. The van der Waals surface area contributed by atoms with Crippen molar-refractivity contribution in [2.75, 3.05) is 7.11 Å². The number of carbonyl (C=O) groups is 2. The molecule has 0 fully saturated rings. The van der Waals surface area contributed by atoms with Crippen molar-refractivity contribution >= 4 is 11.9 Å². The Balaban J connectivity index is 4.40. The average molecular weight is 201 g/mol. The summed E-state index contributed by atoms with van der Waals surface area (Å²) >= 11 is 0. The molecule has 0 rings (SSSR count). The maximum absolute atomic E-state index is 11.4. The van der Waals surface area contributed by atoms with Gasteiger partial charge in [-0.05, 0) is 27.2 Å². The summed E-state index contributed by atoms with van der Waals surface area (Å²) in [4.78, 5) is 22.5. The fourth-order valence-electron chi connectivity index (χ4n) is 0.847. The van der Waals surface area contributed by atoms with Crippen molar-refractivity contribution in [3.05, 3.63) is 6.92 Å². The van der Waals surface area contributed by atoms with Gasteiger partial charge in [0, 0.05) is 0 Å². The lowest BCUT2D eigenvalue weighted by Crippen LogP contribution is -2.33. The molecule has 81 valence electrons. The number of rotatable bonds is 3. The van der Waals surface area contributed by atoms with Gasteiger partial charge in [0.1, 0.15) is 5.60 Å². The molecule has 0 saturated carbocycles. The average Bonchev–Trinajstić information content (AvgIpc) is 2.01. The number of hydrogen-bond donors (Lipinski definition) is 0. The van der Waals surface area contributed by atoms with Crippen LogP contribution in [0, 0.1) is 12.8 Å². The Morgan fingerprint density at radius 1 is 1.29 bits per heavy atom. The van der Waals surface area contributed by atoms with Crippen LogP contribution in [-0.2, 0) is 19.1 Å². The van der Waals surface area contributed by atoms with Crippen molar-refractivity contribution < 1.29 is 19.1 Å². The van der Waals surface area contributed by atoms with Crippen LogP contribution >= 0.6 is 0 Å². The molecule has 0 aliphatic carbocycles. The minimum absolute atomic E-state index is 0.140. The molecule has 0 spiro atoms. The molecule has 1 radical (unpaired) electrons. The van der Waals surface area contributed by atoms with E-state index in [1.165, 1.54) is 7.11 Å². The Bertz CT molecular complexity index is 215. The van der Waals surface area contributed by atoms with E-state index in [2.05, 4.69) is 11.7 Å². The number of ether oxygens (including phenoxy) is 2. The highest BCUT2D eigenvalue weighted by molar-refractivity contribution is 5.95. The first-order valence-electron chi connectivity index (χ1n) is 4.41. The van der Waals surface area contributed by atoms with Crippen molar-refractivity contribution in [1.29, 1.82) is 0 Å². The maximum atomic E-state index is 11.4. The predicted octanol–water partition coefficient (Wildman–Crippen LogP) is 1.34. The van der Waals surface area contributed by atoms with E-state index in [1.807, 2.05) is 0 Å². The van der Waals surface area contributed by atoms with E-state index in [0.717, 1.165) is 0 Å². The predicted molar refractivity (Wildman–Crippen MR) is 51.3 cm³/mol. The first-order chi connectivity index (χ1) is 6.31. The minimum atomic E-state index is -0.917. The third-order valence-corrected chi connectivity index (χ3v) is 1.47. The van der Waals surface area contributed by atoms with E-state index < -0.39 is 23.5 Å². The first kappa shape index (κ1) is 12.9. The lowest BCUT2D eigenvalue weighted by Gasteiger charge is -2.22. The fourth-order valence-corrected chi connectivity index (χ4v) is 0.847. The molecule has 4 heteroatoms. The molecule has 14 heavy (non-hydrogen) atoms. The van der Waals surface area contributed by atoms with Crippen molar-refractivity contribution in [2.45, 2.75) is 32.8 Å². The van der Waals surface area contributed by atoms with E-state index in [4.69, 9.17) is 4.74 Å². The Hall–Kier alpha value is -1.06. The quantitative estimate of drug-likeness (QED) is 0.510. The monoisotopic (exact) mass is 201 g/mol. The largest absolute Gasteiger partial charge is 0.468 e. The summed E-state index contributed by atoms with van der Waals surface area (Å²) in [7, 11) is 1.23. The van der Waals surface area contributed by atoms with Gasteiger partial charge in [-0.2, -0.15) is 0 Å². The van der Waals surface area contributed by atoms with Crippen LogP contribution in [0.1, 0.15) is 27.2 Å². The number of methoxy groups -OCH3 is 1. The van der Waals surface area contributed by atoms with Crippen LogP contribution in [-0.4, -0.2) is 24.6 Å². The van der Waals surface area contributed by atoms with E-state index >= 15 is 0 Å². The minimum Gasteiger partial charge on any atom is -0.468 e. The van der Waals surface area contributed by atoms with Crippen LogP contribution in [0.2, 0.25) is 0 Å². The highest BCUT2D eigenvalue weighted by Gasteiger charge is 2.30. The van der Waals surface area contributed by atoms with E-state index in [0.29, 0.717) is 0 Å². The van der Waals surface area contributed by atoms with E-state index in [1.54, 1.807) is 20.8 Å². The second-order valence-corrected chi connectivity index (χ2v) is 3.90. The van der Waals surface area contributed by atoms with Crippen LogP contribution in [0.5, 0.6) is 0 Å². The number of carbonyl (C=O) groups excluding carboxylic acids is 2. The second-order valence-electron chi connectivity index (χ2n) is 3.90. The van der Waals surface area contributed by atoms with Crippen molar-refractivity contribution in [3.8, 4) is 0 Å². The van der Waals surface area contributed by atoms with E-state index in [9.17, 15) is 9.59 Å². The standard InChI is InChI=1S/C10H17O4/c1-6-7(8(11)13-5)9(12)14-10(2,3)4/h7H,1,6H2,2-5H3. The van der Waals surface area contributed by atoms with E-state index in [-0.39, 0.29) is 6.42 Å². The molecule has 1 atom stereocenters. The zero-order valence-electron chi connectivity index (χ0n) is 9.12. The molecule has 0 N–H and O–H groups in total. The molecule has 0 aliphatic heterocycles. The van der Waals surface area contributed by atoms with Crippen molar-refractivity contribution in [3.63, 3.8) is 0 Å². The SMILES string of the molecule is [CH2]CC(C(=O)OC)C(=O)OC(C)(C)C. The summed E-state index contributed by atoms with van der Waals surface area (Å²) in [5, 5.41) is 0. The number of esters is 2. The molecule has 0 saturated heterocycles. The van der Waals surface area contributed by atoms with Gasteiger partial charge in [-0.15, -0.1) is 0 Å². The van der Waals surface area contributed by atoms with Gasteiger partial charge in [-0.3, -0.25) is 9.59 Å². The molecule has 0 heterocycles. The van der Waals surface area contributed by atoms with Gasteiger partial charge in [-0.25, -0.2) is 0 Å². The zero-order chi connectivity index (χ0) is 11.4. The van der Waals surface area contributed by atoms with Gasteiger partial charge >= 0.3 is 11.9 Å². The third-order valence-electron chi connectivity index (χ3n) is 1.47. The Kier molecular flexibility index (Phi) is 4.60. The molecular formula is C10H17O4. The molecule has 0 aliphatic rings. The van der Waals surface area contributed by atoms with Crippen LogP contribution in [0.25, 0.3) is 0 Å². The lowest BCUT2D eigenvalue weighted by atomic mass is 10.1. The number of hydrogen-bond acceptors (Lipinski definition) is 4. The lowest BCUT2D eigenvalue weighted by molar-refractivity contribution is -0.167. The zero-order valence-corrected chi connectivity index (χ0v) is 9.12. The Morgan fingerprint density at radius 2 is 1.79 bits per heavy atom. The summed E-state index contributed by atoms with van der Waals surface area (Å²) in [5.41, 5.74) is -0.599. The molecule has 0 aromatic heterocycles. The Morgan fingerprint density at radius 3 is 2.07 bits per heavy atom. The van der Waals surface area contributed by atoms with Gasteiger partial charge in [0.05, 0.1) is 7.11 Å². The Labute approximate surface area is 84.6 Å². The third kappa shape index (κ3) is 4.25. The summed E-state index contributed by atoms with van der Waals surface area (Å²) in [6.07, 6.45) is 0.140. The molecule has 1 unspecified atom stereocenters. The van der Waals surface area contributed by atoms with Gasteiger partial charge in [0.15, 0.2) is 5.92 Å². The molecule has 0 aromatic carbocycles. The van der Waals surface area contributed by atoms with Gasteiger partial charge in [-0.1, -0.05) is 6.92 Å². The van der Waals surface area contributed by atoms with Crippen molar-refractivity contribution in [2.24, 2.45) is 5.92 Å². The summed E-state index contributed by atoms with van der Waals surface area (Å²) in [5.74, 6) is -2.10. The fraction of sp³-hybridized carbons (Fsp3) is 0.700. The van der Waals surface area contributed by atoms with Crippen LogP contribution in [0.15, 0.2) is 0 Å². The molecule has 4 nitrogen and oxygen atoms in total. The molecule has 0 amide bonds. The van der Waals surface area contributed by atoms with Crippen LogP contribution in [0.4, 0.5) is 0 Å². The van der Waals surface area contributed by atoms with Gasteiger partial charge < -0.3 is 9.47 Å². The summed E-state index contributed by atoms with van der Waals surface area (Å²) in [6.45, 7) is 8.72. The van der Waals surface area contributed by atoms with Gasteiger partial charge in [0.2, 0.25) is 0 Å². The molecule has 0 bridgehead atoms. The van der Waals surface area contributed by atoms with Crippen molar-refractivity contribution in [1.82, 2.24) is 0 Å². The van der Waals surface area contributed by atoms with Crippen LogP contribution < -0.4 is 0 Å². The smallest absolute Gasteiger partial charge is 0.320 e. The summed E-state index contributed by atoms with van der Waals surface area (Å²) < 4.78 is 9.49. The first-order valence-corrected chi connectivity index (χ1v) is 4.41. The summed E-state index contributed by atoms with van der Waals surface area (Å²) in [6, 6.07) is 0. The molecule has 0 aromatic rings.